The first-order valence-corrected chi connectivity index (χ1v) is 11.3. The summed E-state index contributed by atoms with van der Waals surface area (Å²) >= 11 is 1.39. The number of nitrogens with one attached hydrogen (secondary N) is 1. The molecule has 1 saturated carbocycles. The minimum Gasteiger partial charge on any atom is -0.340 e. The number of anilines is 1. The van der Waals surface area contributed by atoms with Crippen LogP contribution in [0.15, 0.2) is 0 Å². The normalized spacial score (nSPS) is 19.6. The molecular formula is C20H33N5O2S. The highest BCUT2D eigenvalue weighted by molar-refractivity contribution is 7.15. The van der Waals surface area contributed by atoms with Crippen LogP contribution in [-0.2, 0) is 15.0 Å². The van der Waals surface area contributed by atoms with Crippen LogP contribution in [0.3, 0.4) is 0 Å². The van der Waals surface area contributed by atoms with E-state index >= 15 is 0 Å². The molecule has 8 heteroatoms. The molecule has 2 amide bonds. The van der Waals surface area contributed by atoms with E-state index in [1.165, 1.54) is 43.4 Å². The van der Waals surface area contributed by atoms with Crippen molar-refractivity contribution in [3.05, 3.63) is 5.01 Å². The zero-order chi connectivity index (χ0) is 20.1. The van der Waals surface area contributed by atoms with Gasteiger partial charge in [-0.3, -0.25) is 14.5 Å². The summed E-state index contributed by atoms with van der Waals surface area (Å²) in [4.78, 5) is 29.1. The lowest BCUT2D eigenvalue weighted by atomic mass is 9.94. The molecule has 0 radical (unpaired) electrons. The molecule has 1 aliphatic heterocycles. The van der Waals surface area contributed by atoms with Gasteiger partial charge in [-0.15, -0.1) is 10.2 Å². The van der Waals surface area contributed by atoms with Gasteiger partial charge in [-0.1, -0.05) is 51.4 Å². The predicted molar refractivity (Wildman–Crippen MR) is 111 cm³/mol. The summed E-state index contributed by atoms with van der Waals surface area (Å²) in [5, 5.41) is 12.3. The van der Waals surface area contributed by atoms with Gasteiger partial charge in [0.15, 0.2) is 0 Å². The van der Waals surface area contributed by atoms with Gasteiger partial charge in [0.05, 0.1) is 0 Å². The van der Waals surface area contributed by atoms with Gasteiger partial charge in [0, 0.05) is 50.5 Å². The molecule has 0 spiro atoms. The molecular weight excluding hydrogens is 374 g/mol. The Bertz CT molecular complexity index is 670. The second kappa shape index (κ2) is 9.31. The number of hydrogen-bond donors (Lipinski definition) is 1. The highest BCUT2D eigenvalue weighted by atomic mass is 32.1. The summed E-state index contributed by atoms with van der Waals surface area (Å²) in [5.74, 6) is -0.100. The van der Waals surface area contributed by atoms with E-state index in [4.69, 9.17) is 0 Å². The quantitative estimate of drug-likeness (QED) is 0.812. The fourth-order valence-electron chi connectivity index (χ4n) is 3.92. The van der Waals surface area contributed by atoms with Crippen molar-refractivity contribution in [3.8, 4) is 0 Å². The van der Waals surface area contributed by atoms with Crippen LogP contribution in [0.2, 0.25) is 0 Å². The zero-order valence-corrected chi connectivity index (χ0v) is 18.2. The third-order valence-corrected chi connectivity index (χ3v) is 6.90. The average molecular weight is 408 g/mol. The third-order valence-electron chi connectivity index (χ3n) is 5.64. The van der Waals surface area contributed by atoms with Crippen molar-refractivity contribution in [2.24, 2.45) is 0 Å². The van der Waals surface area contributed by atoms with Gasteiger partial charge in [0.25, 0.3) is 0 Å². The van der Waals surface area contributed by atoms with E-state index in [0.717, 1.165) is 31.2 Å². The Morgan fingerprint density at radius 2 is 1.71 bits per heavy atom. The summed E-state index contributed by atoms with van der Waals surface area (Å²) in [5.41, 5.74) is -0.0869. The number of rotatable bonds is 5. The summed E-state index contributed by atoms with van der Waals surface area (Å²) < 4.78 is 0. The SMILES string of the molecule is CC(C)(C)c1nnc(NC(=O)CCC(=O)N2CCN(C3CCCCC3)CC2)s1. The van der Waals surface area contributed by atoms with Crippen molar-refractivity contribution >= 4 is 28.3 Å². The van der Waals surface area contributed by atoms with Crippen molar-refractivity contribution in [2.45, 2.75) is 77.2 Å². The van der Waals surface area contributed by atoms with Crippen molar-refractivity contribution < 1.29 is 9.59 Å². The number of hydrogen-bond acceptors (Lipinski definition) is 6. The molecule has 2 fully saturated rings. The molecule has 0 aromatic carbocycles. The lowest BCUT2D eigenvalue weighted by Crippen LogP contribution is -2.52. The van der Waals surface area contributed by atoms with Gasteiger partial charge in [-0.05, 0) is 12.8 Å². The van der Waals surface area contributed by atoms with E-state index in [-0.39, 0.29) is 30.1 Å². The van der Waals surface area contributed by atoms with Crippen LogP contribution in [0.5, 0.6) is 0 Å². The number of carbonyl (C=O) groups excluding carboxylic acids is 2. The van der Waals surface area contributed by atoms with Crippen LogP contribution in [0, 0.1) is 0 Å². The van der Waals surface area contributed by atoms with E-state index < -0.39 is 0 Å². The summed E-state index contributed by atoms with van der Waals surface area (Å²) in [7, 11) is 0. The third kappa shape index (κ3) is 5.73. The van der Waals surface area contributed by atoms with Crippen LogP contribution in [0.4, 0.5) is 5.13 Å². The molecule has 0 unspecified atom stereocenters. The van der Waals surface area contributed by atoms with E-state index in [1.807, 2.05) is 4.90 Å². The van der Waals surface area contributed by atoms with Crippen molar-refractivity contribution in [3.63, 3.8) is 0 Å². The molecule has 156 valence electrons. The second-order valence-electron chi connectivity index (χ2n) is 8.92. The van der Waals surface area contributed by atoms with Crippen LogP contribution in [0.25, 0.3) is 0 Å². The van der Waals surface area contributed by atoms with Gasteiger partial charge < -0.3 is 10.2 Å². The highest BCUT2D eigenvalue weighted by Gasteiger charge is 2.27. The molecule has 7 nitrogen and oxygen atoms in total. The van der Waals surface area contributed by atoms with E-state index in [2.05, 4.69) is 41.2 Å². The Labute approximate surface area is 171 Å². The molecule has 28 heavy (non-hydrogen) atoms. The smallest absolute Gasteiger partial charge is 0.226 e. The maximum absolute atomic E-state index is 12.5. The summed E-state index contributed by atoms with van der Waals surface area (Å²) in [6.07, 6.45) is 7.08. The Balaban J connectivity index is 1.38. The monoisotopic (exact) mass is 407 g/mol. The molecule has 1 saturated heterocycles. The van der Waals surface area contributed by atoms with E-state index in [9.17, 15) is 9.59 Å². The second-order valence-corrected chi connectivity index (χ2v) is 9.90. The number of nitrogens with zero attached hydrogens (tertiary/aromatic N) is 4. The topological polar surface area (TPSA) is 78.4 Å². The van der Waals surface area contributed by atoms with Crippen molar-refractivity contribution in [2.75, 3.05) is 31.5 Å². The number of carbonyl (C=O) groups is 2. The van der Waals surface area contributed by atoms with E-state index in [1.54, 1.807) is 0 Å². The molecule has 1 N–H and O–H groups in total. The molecule has 0 bridgehead atoms. The Hall–Kier alpha value is -1.54. The summed E-state index contributed by atoms with van der Waals surface area (Å²) in [6, 6.07) is 0.710. The first kappa shape index (κ1) is 21.2. The first-order chi connectivity index (χ1) is 13.3. The average Bonchev–Trinajstić information content (AvgIpc) is 3.16. The zero-order valence-electron chi connectivity index (χ0n) is 17.4. The minimum atomic E-state index is -0.175. The van der Waals surface area contributed by atoms with E-state index in [0.29, 0.717) is 11.2 Å². The molecule has 3 rings (SSSR count). The van der Waals surface area contributed by atoms with Gasteiger partial charge in [-0.2, -0.15) is 0 Å². The lowest BCUT2D eigenvalue weighted by molar-refractivity contribution is -0.134. The largest absolute Gasteiger partial charge is 0.340 e. The van der Waals surface area contributed by atoms with Gasteiger partial charge in [-0.25, -0.2) is 0 Å². The molecule has 1 aromatic rings. The van der Waals surface area contributed by atoms with Gasteiger partial charge >= 0.3 is 0 Å². The number of aromatic nitrogens is 2. The van der Waals surface area contributed by atoms with Gasteiger partial charge in [0.2, 0.25) is 16.9 Å². The molecule has 2 aliphatic rings. The van der Waals surface area contributed by atoms with Crippen LogP contribution >= 0.6 is 11.3 Å². The Morgan fingerprint density at radius 1 is 1.04 bits per heavy atom. The number of piperazine rings is 1. The predicted octanol–water partition coefficient (Wildman–Crippen LogP) is 3.03. The highest BCUT2D eigenvalue weighted by Crippen LogP contribution is 2.28. The van der Waals surface area contributed by atoms with Crippen molar-refractivity contribution in [1.82, 2.24) is 20.0 Å². The fraction of sp³-hybridized carbons (Fsp3) is 0.800. The molecule has 1 aromatic heterocycles. The van der Waals surface area contributed by atoms with Crippen LogP contribution < -0.4 is 5.32 Å². The molecule has 0 atom stereocenters. The van der Waals surface area contributed by atoms with Crippen LogP contribution in [-0.4, -0.2) is 64.0 Å². The summed E-state index contributed by atoms with van der Waals surface area (Å²) in [6.45, 7) is 9.67. The molecule has 2 heterocycles. The lowest BCUT2D eigenvalue weighted by Gasteiger charge is -2.40. The number of amides is 2. The molecule has 1 aliphatic carbocycles. The van der Waals surface area contributed by atoms with Crippen molar-refractivity contribution in [1.29, 1.82) is 0 Å². The Kier molecular flexibility index (Phi) is 7.04. The maximum Gasteiger partial charge on any atom is 0.226 e. The fourth-order valence-corrected chi connectivity index (χ4v) is 4.74. The minimum absolute atomic E-state index is 0.0751. The van der Waals surface area contributed by atoms with Crippen LogP contribution in [0.1, 0.15) is 70.7 Å². The Morgan fingerprint density at radius 3 is 2.32 bits per heavy atom. The maximum atomic E-state index is 12.5. The first-order valence-electron chi connectivity index (χ1n) is 10.5. The van der Waals surface area contributed by atoms with Gasteiger partial charge in [0.1, 0.15) is 5.01 Å². The standard InChI is InChI=1S/C20H33N5O2S/c1-20(2,3)18-22-23-19(28-18)21-16(26)9-10-17(27)25-13-11-24(12-14-25)15-7-5-4-6-8-15/h15H,4-14H2,1-3H3,(H,21,23,26).